The van der Waals surface area contributed by atoms with Crippen molar-refractivity contribution in [2.75, 3.05) is 43.7 Å². The highest BCUT2D eigenvalue weighted by molar-refractivity contribution is 7.92. The van der Waals surface area contributed by atoms with Crippen LogP contribution in [-0.2, 0) is 16.6 Å². The zero-order valence-electron chi connectivity index (χ0n) is 23.9. The van der Waals surface area contributed by atoms with Crippen molar-refractivity contribution >= 4 is 43.7 Å². The summed E-state index contributed by atoms with van der Waals surface area (Å²) in [4.78, 5) is 12.9. The summed E-state index contributed by atoms with van der Waals surface area (Å²) in [7, 11) is -1.73. The summed E-state index contributed by atoms with van der Waals surface area (Å²) in [5, 5.41) is 11.7. The molecule has 9 nitrogen and oxygen atoms in total. The van der Waals surface area contributed by atoms with Crippen molar-refractivity contribution in [3.05, 3.63) is 114 Å². The molecule has 1 aliphatic rings. The number of rotatable bonds is 8. The van der Waals surface area contributed by atoms with Gasteiger partial charge in [0.1, 0.15) is 0 Å². The Morgan fingerprint density at radius 1 is 0.930 bits per heavy atom. The smallest absolute Gasteiger partial charge is 0.261 e. The van der Waals surface area contributed by atoms with Gasteiger partial charge in [0.15, 0.2) is 5.88 Å². The number of aromatic amines is 1. The summed E-state index contributed by atoms with van der Waals surface area (Å²) in [6.07, 6.45) is 0. The van der Waals surface area contributed by atoms with Gasteiger partial charge in [0.05, 0.1) is 21.9 Å². The lowest BCUT2D eigenvalue weighted by molar-refractivity contribution is 0.148. The Hall–Kier alpha value is -4.64. The van der Waals surface area contributed by atoms with E-state index in [1.165, 1.54) is 17.7 Å². The van der Waals surface area contributed by atoms with E-state index in [4.69, 9.17) is 10.7 Å². The van der Waals surface area contributed by atoms with Crippen LogP contribution in [0, 0.1) is 0 Å². The monoisotopic (exact) mass is 594 g/mol. The van der Waals surface area contributed by atoms with E-state index >= 15 is 0 Å². The Kier molecular flexibility index (Phi) is 7.90. The number of nitrogens with zero attached hydrogens (tertiary/aromatic N) is 3. The molecule has 0 spiro atoms. The first-order valence-corrected chi connectivity index (χ1v) is 15.6. The third kappa shape index (κ3) is 6.41. The standard InChI is InChI=1S/C33H34N6O3S/c1-38-16-18-39(19-17-38)22-23-10-12-26(13-11-23)35-32(24-6-3-2-4-7-24)31-29-21-27(14-15-30(29)36-33(31)40)37-43(41,42)28-9-5-8-25(34)20-28/h2-15,20-21,36-37,40H,16-19,22,34H2,1H3. The maximum Gasteiger partial charge on any atom is 0.261 e. The molecular weight excluding hydrogens is 560 g/mol. The number of nitrogens with two attached hydrogens (primary N) is 1. The molecule has 10 heteroatoms. The molecule has 0 bridgehead atoms. The molecule has 0 atom stereocenters. The van der Waals surface area contributed by atoms with Gasteiger partial charge in [0.2, 0.25) is 0 Å². The summed E-state index contributed by atoms with van der Waals surface area (Å²) < 4.78 is 28.8. The molecule has 2 heterocycles. The zero-order valence-corrected chi connectivity index (χ0v) is 24.7. The number of H-pyrrole nitrogens is 1. The number of aliphatic imine (C=N–C) groups is 1. The first-order valence-electron chi connectivity index (χ1n) is 14.1. The summed E-state index contributed by atoms with van der Waals surface area (Å²) >= 11 is 0. The Morgan fingerprint density at radius 3 is 2.40 bits per heavy atom. The maximum absolute atomic E-state index is 13.1. The SMILES string of the molecule is CN1CCN(Cc2ccc(N=C(c3ccccc3)c3c(O)[nH]c4ccc(NS(=O)(=O)c5cccc(N)c5)cc34)cc2)CC1. The molecule has 1 saturated heterocycles. The largest absolute Gasteiger partial charge is 0.494 e. The van der Waals surface area contributed by atoms with Crippen LogP contribution in [-0.4, -0.2) is 67.2 Å². The second kappa shape index (κ2) is 11.9. The van der Waals surface area contributed by atoms with Crippen LogP contribution in [0.4, 0.5) is 17.1 Å². The quantitative estimate of drug-likeness (QED) is 0.145. The molecule has 5 aromatic rings. The van der Waals surface area contributed by atoms with Gasteiger partial charge < -0.3 is 20.7 Å². The van der Waals surface area contributed by atoms with Gasteiger partial charge in [-0.1, -0.05) is 48.5 Å². The van der Waals surface area contributed by atoms with Crippen LogP contribution in [0.1, 0.15) is 16.7 Å². The molecule has 43 heavy (non-hydrogen) atoms. The fraction of sp³-hybridized carbons (Fsp3) is 0.182. The Balaban J connectivity index is 1.36. The second-order valence-corrected chi connectivity index (χ2v) is 12.5. The van der Waals surface area contributed by atoms with Gasteiger partial charge in [-0.3, -0.25) is 9.62 Å². The molecule has 0 aliphatic carbocycles. The molecule has 0 radical (unpaired) electrons. The predicted molar refractivity (Wildman–Crippen MR) is 173 cm³/mol. The Morgan fingerprint density at radius 2 is 1.67 bits per heavy atom. The van der Waals surface area contributed by atoms with Crippen LogP contribution in [0.25, 0.3) is 10.9 Å². The first-order chi connectivity index (χ1) is 20.7. The third-order valence-electron chi connectivity index (χ3n) is 7.66. The molecule has 220 valence electrons. The number of sulfonamides is 1. The molecule has 1 aromatic heterocycles. The highest BCUT2D eigenvalue weighted by atomic mass is 32.2. The van der Waals surface area contributed by atoms with Gasteiger partial charge >= 0.3 is 0 Å². The first kappa shape index (κ1) is 28.5. The molecule has 0 saturated carbocycles. The minimum Gasteiger partial charge on any atom is -0.494 e. The van der Waals surface area contributed by atoms with Crippen LogP contribution in [0.3, 0.4) is 0 Å². The van der Waals surface area contributed by atoms with Crippen molar-refractivity contribution in [1.82, 2.24) is 14.8 Å². The van der Waals surface area contributed by atoms with E-state index in [9.17, 15) is 13.5 Å². The average Bonchev–Trinajstić information content (AvgIpc) is 3.33. The van der Waals surface area contributed by atoms with Crippen LogP contribution < -0.4 is 10.5 Å². The fourth-order valence-corrected chi connectivity index (χ4v) is 6.41. The van der Waals surface area contributed by atoms with E-state index in [-0.39, 0.29) is 10.8 Å². The second-order valence-electron chi connectivity index (χ2n) is 10.9. The van der Waals surface area contributed by atoms with Gasteiger partial charge in [-0.25, -0.2) is 13.4 Å². The van der Waals surface area contributed by atoms with Gasteiger partial charge in [-0.2, -0.15) is 0 Å². The number of anilines is 2. The molecule has 0 amide bonds. The number of nitrogens with one attached hydrogen (secondary N) is 2. The number of likely N-dealkylation sites (N-methyl/N-ethyl adjacent to an activating group) is 1. The van der Waals surface area contributed by atoms with E-state index in [0.717, 1.165) is 44.0 Å². The lowest BCUT2D eigenvalue weighted by Crippen LogP contribution is -2.43. The van der Waals surface area contributed by atoms with Crippen LogP contribution in [0.5, 0.6) is 5.88 Å². The van der Waals surface area contributed by atoms with Crippen LogP contribution >= 0.6 is 0 Å². The number of piperazine rings is 1. The van der Waals surface area contributed by atoms with Gasteiger partial charge in [-0.15, -0.1) is 0 Å². The fourth-order valence-electron chi connectivity index (χ4n) is 5.31. The normalized spacial score (nSPS) is 15.1. The van der Waals surface area contributed by atoms with Crippen LogP contribution in [0.2, 0.25) is 0 Å². The number of aromatic hydroxyl groups is 1. The highest BCUT2D eigenvalue weighted by Gasteiger charge is 2.21. The highest BCUT2D eigenvalue weighted by Crippen LogP contribution is 2.34. The number of nitrogen functional groups attached to an aromatic ring is 1. The zero-order chi connectivity index (χ0) is 30.0. The molecular formula is C33H34N6O3S. The molecule has 1 fully saturated rings. The number of aromatic nitrogens is 1. The summed E-state index contributed by atoms with van der Waals surface area (Å²) in [6, 6.07) is 29.0. The van der Waals surface area contributed by atoms with Crippen molar-refractivity contribution < 1.29 is 13.5 Å². The van der Waals surface area contributed by atoms with E-state index in [1.807, 2.05) is 42.5 Å². The summed E-state index contributed by atoms with van der Waals surface area (Å²) in [6.45, 7) is 5.13. The Bertz CT molecular complexity index is 1880. The predicted octanol–water partition coefficient (Wildman–Crippen LogP) is 5.17. The topological polar surface area (TPSA) is 127 Å². The van der Waals surface area contributed by atoms with Crippen molar-refractivity contribution in [1.29, 1.82) is 0 Å². The molecule has 5 N–H and O–H groups in total. The van der Waals surface area contributed by atoms with Gasteiger partial charge in [0.25, 0.3) is 10.0 Å². The van der Waals surface area contributed by atoms with Crippen molar-refractivity contribution in [2.24, 2.45) is 4.99 Å². The van der Waals surface area contributed by atoms with Gasteiger partial charge in [-0.05, 0) is 61.1 Å². The average molecular weight is 595 g/mol. The van der Waals surface area contributed by atoms with E-state index in [0.29, 0.717) is 33.6 Å². The molecule has 6 rings (SSSR count). The van der Waals surface area contributed by atoms with Crippen molar-refractivity contribution in [3.8, 4) is 5.88 Å². The Labute approximate surface area is 251 Å². The van der Waals surface area contributed by atoms with Crippen molar-refractivity contribution in [2.45, 2.75) is 11.4 Å². The summed E-state index contributed by atoms with van der Waals surface area (Å²) in [5.74, 6) is -0.0554. The number of benzene rings is 4. The third-order valence-corrected chi connectivity index (χ3v) is 9.04. The van der Waals surface area contributed by atoms with E-state index in [1.54, 1.807) is 30.3 Å². The lowest BCUT2D eigenvalue weighted by atomic mass is 10.0. The minimum absolute atomic E-state index is 0.0554. The van der Waals surface area contributed by atoms with E-state index < -0.39 is 10.0 Å². The number of hydrogen-bond donors (Lipinski definition) is 4. The van der Waals surface area contributed by atoms with Gasteiger partial charge in [0, 0.05) is 60.6 Å². The summed E-state index contributed by atoms with van der Waals surface area (Å²) in [5.41, 5.74) is 11.0. The van der Waals surface area contributed by atoms with E-state index in [2.05, 4.69) is 38.7 Å². The minimum atomic E-state index is -3.89. The number of fused-ring (bicyclic) bond motifs is 1. The lowest BCUT2D eigenvalue weighted by Gasteiger charge is -2.32. The molecule has 0 unspecified atom stereocenters. The maximum atomic E-state index is 13.1. The van der Waals surface area contributed by atoms with Crippen LogP contribution in [0.15, 0.2) is 107 Å². The molecule has 1 aliphatic heterocycles. The molecule has 4 aromatic carbocycles. The number of hydrogen-bond acceptors (Lipinski definition) is 7. The van der Waals surface area contributed by atoms with Crippen molar-refractivity contribution in [3.63, 3.8) is 0 Å².